The molecule has 1 fully saturated rings. The van der Waals surface area contributed by atoms with Gasteiger partial charge in [-0.3, -0.25) is 0 Å². The quantitative estimate of drug-likeness (QED) is 0.709. The van der Waals surface area contributed by atoms with E-state index in [0.717, 1.165) is 18.9 Å². The molecule has 2 N–H and O–H groups in total. The van der Waals surface area contributed by atoms with E-state index in [2.05, 4.69) is 32.7 Å². The summed E-state index contributed by atoms with van der Waals surface area (Å²) >= 11 is 0. The first kappa shape index (κ1) is 12.0. The summed E-state index contributed by atoms with van der Waals surface area (Å²) in [5, 5.41) is 0. The van der Waals surface area contributed by atoms with Crippen LogP contribution in [0, 0.1) is 5.92 Å². The van der Waals surface area contributed by atoms with Crippen LogP contribution in [0.5, 0.6) is 0 Å². The second kappa shape index (κ2) is 4.63. The Kier molecular flexibility index (Phi) is 3.96. The van der Waals surface area contributed by atoms with E-state index in [1.807, 2.05) is 0 Å². The predicted octanol–water partition coefficient (Wildman–Crippen LogP) is 2.23. The summed E-state index contributed by atoms with van der Waals surface area (Å²) < 4.78 is 0. The van der Waals surface area contributed by atoms with Crippen molar-refractivity contribution in [3.8, 4) is 0 Å². The lowest BCUT2D eigenvalue weighted by molar-refractivity contribution is 0.145. The van der Waals surface area contributed by atoms with Gasteiger partial charge in [0.2, 0.25) is 0 Å². The van der Waals surface area contributed by atoms with Crippen molar-refractivity contribution < 1.29 is 0 Å². The Balaban J connectivity index is 2.22. The van der Waals surface area contributed by atoms with Gasteiger partial charge in [-0.05, 0) is 59.0 Å². The summed E-state index contributed by atoms with van der Waals surface area (Å²) in [6.45, 7) is 7.99. The first-order valence-electron chi connectivity index (χ1n) is 5.94. The van der Waals surface area contributed by atoms with Crippen molar-refractivity contribution in [2.24, 2.45) is 11.7 Å². The van der Waals surface area contributed by atoms with Crippen LogP contribution in [0.4, 0.5) is 0 Å². The van der Waals surface area contributed by atoms with Crippen LogP contribution < -0.4 is 5.73 Å². The molecule has 1 unspecified atom stereocenters. The Labute approximate surface area is 88.8 Å². The molecule has 0 radical (unpaired) electrons. The van der Waals surface area contributed by atoms with E-state index in [4.69, 9.17) is 5.73 Å². The Morgan fingerprint density at radius 1 is 1.43 bits per heavy atom. The van der Waals surface area contributed by atoms with Crippen LogP contribution in [0.3, 0.4) is 0 Å². The molecule has 0 aromatic rings. The third kappa shape index (κ3) is 3.25. The van der Waals surface area contributed by atoms with Gasteiger partial charge in [-0.2, -0.15) is 0 Å². The molecule has 1 aliphatic rings. The molecule has 84 valence electrons. The summed E-state index contributed by atoms with van der Waals surface area (Å²) in [6, 6.07) is 0.449. The van der Waals surface area contributed by atoms with Crippen molar-refractivity contribution in [2.45, 2.75) is 58.0 Å². The van der Waals surface area contributed by atoms with Gasteiger partial charge in [-0.1, -0.05) is 6.92 Å². The number of nitrogens with zero attached hydrogens (tertiary/aromatic N) is 1. The first-order chi connectivity index (χ1) is 6.47. The molecule has 0 aromatic carbocycles. The molecule has 0 aromatic heterocycles. The fourth-order valence-electron chi connectivity index (χ4n) is 1.68. The number of rotatable bonds is 6. The average Bonchev–Trinajstić information content (AvgIpc) is 2.96. The van der Waals surface area contributed by atoms with Crippen LogP contribution in [0.15, 0.2) is 0 Å². The number of hydrogen-bond donors (Lipinski definition) is 1. The number of nitrogens with two attached hydrogens (primary N) is 1. The lowest BCUT2D eigenvalue weighted by atomic mass is 9.99. The Morgan fingerprint density at radius 3 is 2.43 bits per heavy atom. The number of hydrogen-bond acceptors (Lipinski definition) is 2. The van der Waals surface area contributed by atoms with Crippen LogP contribution in [-0.4, -0.2) is 30.1 Å². The average molecular weight is 198 g/mol. The Hall–Kier alpha value is -0.0800. The van der Waals surface area contributed by atoms with Gasteiger partial charge in [0.15, 0.2) is 0 Å². The van der Waals surface area contributed by atoms with Gasteiger partial charge in [0.1, 0.15) is 0 Å². The van der Waals surface area contributed by atoms with Crippen molar-refractivity contribution in [3.63, 3.8) is 0 Å². The molecule has 1 saturated carbocycles. The van der Waals surface area contributed by atoms with Crippen LogP contribution in [-0.2, 0) is 0 Å². The van der Waals surface area contributed by atoms with Crippen molar-refractivity contribution in [3.05, 3.63) is 0 Å². The summed E-state index contributed by atoms with van der Waals surface area (Å²) in [7, 11) is 2.21. The molecule has 1 aliphatic carbocycles. The van der Waals surface area contributed by atoms with E-state index in [0.29, 0.717) is 11.6 Å². The fraction of sp³-hybridized carbons (Fsp3) is 1.00. The lowest BCUT2D eigenvalue weighted by Gasteiger charge is -2.35. The van der Waals surface area contributed by atoms with Gasteiger partial charge in [0, 0.05) is 11.6 Å². The van der Waals surface area contributed by atoms with Crippen LogP contribution in [0.1, 0.15) is 46.5 Å². The minimum Gasteiger partial charge on any atom is -0.327 e. The van der Waals surface area contributed by atoms with Gasteiger partial charge in [0.25, 0.3) is 0 Å². The van der Waals surface area contributed by atoms with Gasteiger partial charge in [-0.15, -0.1) is 0 Å². The zero-order valence-corrected chi connectivity index (χ0v) is 10.2. The molecule has 2 heteroatoms. The Bertz CT molecular complexity index is 173. The van der Waals surface area contributed by atoms with E-state index in [9.17, 15) is 0 Å². The summed E-state index contributed by atoms with van der Waals surface area (Å²) in [5.74, 6) is 0.841. The smallest absolute Gasteiger partial charge is 0.0147 e. The molecule has 0 heterocycles. The second-order valence-electron chi connectivity index (χ2n) is 5.38. The molecule has 0 aliphatic heterocycles. The van der Waals surface area contributed by atoms with Crippen molar-refractivity contribution in [1.82, 2.24) is 4.90 Å². The summed E-state index contributed by atoms with van der Waals surface area (Å²) in [4.78, 5) is 2.44. The SMILES string of the molecule is CCC(C)(C)N(C)CCC(N)C1CC1. The molecular formula is C12H26N2. The molecule has 0 spiro atoms. The highest BCUT2D eigenvalue weighted by Gasteiger charge is 2.29. The van der Waals surface area contributed by atoms with E-state index in [1.54, 1.807) is 0 Å². The summed E-state index contributed by atoms with van der Waals surface area (Å²) in [6.07, 6.45) is 5.08. The lowest BCUT2D eigenvalue weighted by Crippen LogP contribution is -2.42. The molecule has 14 heavy (non-hydrogen) atoms. The van der Waals surface area contributed by atoms with Gasteiger partial charge in [-0.25, -0.2) is 0 Å². The molecule has 0 bridgehead atoms. The minimum atomic E-state index is 0.323. The highest BCUT2D eigenvalue weighted by atomic mass is 15.2. The van der Waals surface area contributed by atoms with E-state index in [-0.39, 0.29) is 0 Å². The molecule has 0 amide bonds. The Morgan fingerprint density at radius 2 is 2.00 bits per heavy atom. The normalized spacial score (nSPS) is 20.1. The van der Waals surface area contributed by atoms with Crippen molar-refractivity contribution in [1.29, 1.82) is 0 Å². The van der Waals surface area contributed by atoms with E-state index >= 15 is 0 Å². The predicted molar refractivity (Wildman–Crippen MR) is 62.3 cm³/mol. The van der Waals surface area contributed by atoms with Gasteiger partial charge in [0.05, 0.1) is 0 Å². The second-order valence-corrected chi connectivity index (χ2v) is 5.38. The van der Waals surface area contributed by atoms with Crippen LogP contribution in [0.25, 0.3) is 0 Å². The van der Waals surface area contributed by atoms with Gasteiger partial charge < -0.3 is 10.6 Å². The highest BCUT2D eigenvalue weighted by Crippen LogP contribution is 2.33. The maximum atomic E-state index is 6.09. The van der Waals surface area contributed by atoms with E-state index in [1.165, 1.54) is 19.3 Å². The molecule has 0 saturated heterocycles. The molecule has 1 rings (SSSR count). The van der Waals surface area contributed by atoms with Gasteiger partial charge >= 0.3 is 0 Å². The van der Waals surface area contributed by atoms with E-state index < -0.39 is 0 Å². The maximum absolute atomic E-state index is 6.09. The monoisotopic (exact) mass is 198 g/mol. The highest BCUT2D eigenvalue weighted by molar-refractivity contribution is 4.85. The zero-order valence-electron chi connectivity index (χ0n) is 10.2. The molecular weight excluding hydrogens is 172 g/mol. The minimum absolute atomic E-state index is 0.323. The van der Waals surface area contributed by atoms with Crippen molar-refractivity contribution in [2.75, 3.05) is 13.6 Å². The molecule has 1 atom stereocenters. The largest absolute Gasteiger partial charge is 0.327 e. The van der Waals surface area contributed by atoms with Crippen molar-refractivity contribution >= 4 is 0 Å². The maximum Gasteiger partial charge on any atom is 0.0147 e. The topological polar surface area (TPSA) is 29.3 Å². The zero-order chi connectivity index (χ0) is 10.8. The molecule has 2 nitrogen and oxygen atoms in total. The fourth-order valence-corrected chi connectivity index (χ4v) is 1.68. The van der Waals surface area contributed by atoms with Crippen LogP contribution in [0.2, 0.25) is 0 Å². The van der Waals surface area contributed by atoms with Crippen LogP contribution >= 0.6 is 0 Å². The summed E-state index contributed by atoms with van der Waals surface area (Å²) in [5.41, 5.74) is 6.41. The standard InChI is InChI=1S/C12H26N2/c1-5-12(2,3)14(4)9-8-11(13)10-6-7-10/h10-11H,5-9,13H2,1-4H3. The third-order valence-electron chi connectivity index (χ3n) is 3.92. The first-order valence-corrected chi connectivity index (χ1v) is 5.94. The third-order valence-corrected chi connectivity index (χ3v) is 3.92.